The summed E-state index contributed by atoms with van der Waals surface area (Å²) in [5, 5.41) is 14.0. The number of aliphatic hydroxyl groups is 1. The molecule has 0 radical (unpaired) electrons. The molecule has 0 saturated carbocycles. The van der Waals surface area contributed by atoms with Gasteiger partial charge in [0.25, 0.3) is 0 Å². The molecule has 3 nitrogen and oxygen atoms in total. The number of thioether (sulfide) groups is 1. The lowest BCUT2D eigenvalue weighted by molar-refractivity contribution is 0.0300. The predicted octanol–water partition coefficient (Wildman–Crippen LogP) is 2.66. The minimum Gasteiger partial charge on any atom is -0.389 e. The van der Waals surface area contributed by atoms with Crippen LogP contribution in [0.2, 0.25) is 0 Å². The van der Waals surface area contributed by atoms with E-state index in [2.05, 4.69) is 41.4 Å². The van der Waals surface area contributed by atoms with Crippen molar-refractivity contribution in [2.24, 2.45) is 0 Å². The number of anilines is 1. The fourth-order valence-electron chi connectivity index (χ4n) is 2.45. The van der Waals surface area contributed by atoms with E-state index >= 15 is 0 Å². The van der Waals surface area contributed by atoms with Gasteiger partial charge in [0.05, 0.1) is 5.60 Å². The van der Waals surface area contributed by atoms with Crippen LogP contribution in [0.1, 0.15) is 31.4 Å². The molecule has 1 aromatic carbocycles. The van der Waals surface area contributed by atoms with E-state index in [0.717, 1.165) is 24.3 Å². The van der Waals surface area contributed by atoms with E-state index in [9.17, 15) is 5.11 Å². The standard InChI is InChI=1S/C16H26N2OS/c1-13(14-4-6-15(7-5-14)18(2)3)17-12-16(19)8-10-20-11-9-16/h4-7,13,17,19H,8-12H2,1-3H3. The Balaban J connectivity index is 1.89. The highest BCUT2D eigenvalue weighted by Crippen LogP contribution is 2.27. The van der Waals surface area contributed by atoms with Crippen molar-refractivity contribution >= 4 is 17.4 Å². The average Bonchev–Trinajstić information content (AvgIpc) is 2.46. The fourth-order valence-corrected chi connectivity index (χ4v) is 3.70. The van der Waals surface area contributed by atoms with Crippen molar-refractivity contribution in [3.8, 4) is 0 Å². The third kappa shape index (κ3) is 4.14. The first-order chi connectivity index (χ1) is 9.50. The first-order valence-electron chi connectivity index (χ1n) is 7.31. The Morgan fingerprint density at radius 2 is 1.85 bits per heavy atom. The number of rotatable bonds is 5. The predicted molar refractivity (Wildman–Crippen MR) is 88.7 cm³/mol. The SMILES string of the molecule is CC(NCC1(O)CCSCC1)c1ccc(N(C)C)cc1. The molecule has 1 heterocycles. The van der Waals surface area contributed by atoms with Crippen LogP contribution < -0.4 is 10.2 Å². The van der Waals surface area contributed by atoms with Gasteiger partial charge in [-0.1, -0.05) is 12.1 Å². The second-order valence-electron chi connectivity index (χ2n) is 5.93. The van der Waals surface area contributed by atoms with E-state index in [1.54, 1.807) is 0 Å². The van der Waals surface area contributed by atoms with Crippen LogP contribution in [0.4, 0.5) is 5.69 Å². The quantitative estimate of drug-likeness (QED) is 0.875. The van der Waals surface area contributed by atoms with E-state index in [1.807, 2.05) is 25.9 Å². The largest absolute Gasteiger partial charge is 0.389 e. The van der Waals surface area contributed by atoms with E-state index < -0.39 is 5.60 Å². The van der Waals surface area contributed by atoms with Crippen LogP contribution in [0, 0.1) is 0 Å². The van der Waals surface area contributed by atoms with Gasteiger partial charge in [-0.05, 0) is 49.0 Å². The van der Waals surface area contributed by atoms with Gasteiger partial charge in [0.2, 0.25) is 0 Å². The molecule has 0 aromatic heterocycles. The Hall–Kier alpha value is -0.710. The van der Waals surface area contributed by atoms with Gasteiger partial charge in [-0.2, -0.15) is 11.8 Å². The molecule has 1 aliphatic rings. The molecule has 1 saturated heterocycles. The lowest BCUT2D eigenvalue weighted by Crippen LogP contribution is -2.44. The van der Waals surface area contributed by atoms with E-state index in [1.165, 1.54) is 11.3 Å². The summed E-state index contributed by atoms with van der Waals surface area (Å²) in [4.78, 5) is 2.10. The minimum absolute atomic E-state index is 0.268. The molecule has 1 aliphatic heterocycles. The number of hydrogen-bond acceptors (Lipinski definition) is 4. The van der Waals surface area contributed by atoms with Crippen LogP contribution in [-0.2, 0) is 0 Å². The van der Waals surface area contributed by atoms with Gasteiger partial charge in [0, 0.05) is 32.4 Å². The maximum absolute atomic E-state index is 10.5. The van der Waals surface area contributed by atoms with Crippen LogP contribution >= 0.6 is 11.8 Å². The molecule has 2 rings (SSSR count). The summed E-state index contributed by atoms with van der Waals surface area (Å²) in [5.74, 6) is 2.15. The summed E-state index contributed by atoms with van der Waals surface area (Å²) in [7, 11) is 4.10. The third-order valence-corrected chi connectivity index (χ3v) is 5.06. The van der Waals surface area contributed by atoms with Crippen molar-refractivity contribution in [3.63, 3.8) is 0 Å². The Labute approximate surface area is 126 Å². The van der Waals surface area contributed by atoms with E-state index in [0.29, 0.717) is 6.54 Å². The first-order valence-corrected chi connectivity index (χ1v) is 8.46. The lowest BCUT2D eigenvalue weighted by atomic mass is 9.96. The Morgan fingerprint density at radius 1 is 1.25 bits per heavy atom. The van der Waals surface area contributed by atoms with Crippen molar-refractivity contribution in [2.75, 3.05) is 37.0 Å². The highest BCUT2D eigenvalue weighted by Gasteiger charge is 2.29. The number of benzene rings is 1. The second kappa shape index (κ2) is 6.83. The average molecular weight is 294 g/mol. The summed E-state index contributed by atoms with van der Waals surface area (Å²) >= 11 is 1.94. The Kier molecular flexibility index (Phi) is 5.35. The van der Waals surface area contributed by atoms with Gasteiger partial charge in [-0.15, -0.1) is 0 Å². The topological polar surface area (TPSA) is 35.5 Å². The summed E-state index contributed by atoms with van der Waals surface area (Å²) in [6.45, 7) is 2.84. The van der Waals surface area contributed by atoms with Crippen molar-refractivity contribution in [1.82, 2.24) is 5.32 Å². The molecular weight excluding hydrogens is 268 g/mol. The van der Waals surface area contributed by atoms with Crippen molar-refractivity contribution in [3.05, 3.63) is 29.8 Å². The fraction of sp³-hybridized carbons (Fsp3) is 0.625. The van der Waals surface area contributed by atoms with Gasteiger partial charge in [-0.3, -0.25) is 0 Å². The number of nitrogens with one attached hydrogen (secondary N) is 1. The molecule has 1 unspecified atom stereocenters. The molecule has 2 N–H and O–H groups in total. The zero-order valence-electron chi connectivity index (χ0n) is 12.7. The minimum atomic E-state index is -0.511. The molecule has 1 atom stereocenters. The van der Waals surface area contributed by atoms with Crippen LogP contribution in [0.15, 0.2) is 24.3 Å². The van der Waals surface area contributed by atoms with Gasteiger partial charge in [0.15, 0.2) is 0 Å². The smallest absolute Gasteiger partial charge is 0.0787 e. The number of nitrogens with zero attached hydrogens (tertiary/aromatic N) is 1. The molecule has 1 aromatic rings. The highest BCUT2D eigenvalue weighted by molar-refractivity contribution is 7.99. The lowest BCUT2D eigenvalue weighted by Gasteiger charge is -2.33. The van der Waals surface area contributed by atoms with Gasteiger partial charge in [-0.25, -0.2) is 0 Å². The molecule has 0 bridgehead atoms. The normalized spacial score (nSPS) is 19.6. The maximum Gasteiger partial charge on any atom is 0.0787 e. The van der Waals surface area contributed by atoms with Gasteiger partial charge >= 0.3 is 0 Å². The summed E-state index contributed by atoms with van der Waals surface area (Å²) < 4.78 is 0. The summed E-state index contributed by atoms with van der Waals surface area (Å²) in [6.07, 6.45) is 1.80. The third-order valence-electron chi connectivity index (χ3n) is 4.07. The van der Waals surface area contributed by atoms with Gasteiger partial charge < -0.3 is 15.3 Å². The Bertz CT molecular complexity index is 413. The summed E-state index contributed by atoms with van der Waals surface area (Å²) in [6, 6.07) is 8.87. The van der Waals surface area contributed by atoms with Crippen LogP contribution in [-0.4, -0.2) is 42.9 Å². The van der Waals surface area contributed by atoms with Crippen molar-refractivity contribution in [2.45, 2.75) is 31.4 Å². The molecule has 1 fully saturated rings. The van der Waals surface area contributed by atoms with Crippen LogP contribution in [0.25, 0.3) is 0 Å². The second-order valence-corrected chi connectivity index (χ2v) is 7.15. The Morgan fingerprint density at radius 3 is 2.40 bits per heavy atom. The maximum atomic E-state index is 10.5. The molecule has 0 amide bonds. The van der Waals surface area contributed by atoms with E-state index in [-0.39, 0.29) is 6.04 Å². The zero-order chi connectivity index (χ0) is 14.6. The zero-order valence-corrected chi connectivity index (χ0v) is 13.5. The first kappa shape index (κ1) is 15.7. The van der Waals surface area contributed by atoms with Crippen LogP contribution in [0.3, 0.4) is 0 Å². The van der Waals surface area contributed by atoms with E-state index in [4.69, 9.17) is 0 Å². The molecule has 4 heteroatoms. The molecule has 20 heavy (non-hydrogen) atoms. The van der Waals surface area contributed by atoms with Crippen LogP contribution in [0.5, 0.6) is 0 Å². The number of hydrogen-bond donors (Lipinski definition) is 2. The van der Waals surface area contributed by atoms with Crippen molar-refractivity contribution in [1.29, 1.82) is 0 Å². The molecule has 0 spiro atoms. The van der Waals surface area contributed by atoms with Crippen molar-refractivity contribution < 1.29 is 5.11 Å². The molecular formula is C16H26N2OS. The monoisotopic (exact) mass is 294 g/mol. The highest BCUT2D eigenvalue weighted by atomic mass is 32.2. The molecule has 112 valence electrons. The summed E-state index contributed by atoms with van der Waals surface area (Å²) in [5.41, 5.74) is 1.97. The van der Waals surface area contributed by atoms with Gasteiger partial charge in [0.1, 0.15) is 0 Å². The molecule has 0 aliphatic carbocycles.